The van der Waals surface area contributed by atoms with Crippen LogP contribution < -0.4 is 4.74 Å². The summed E-state index contributed by atoms with van der Waals surface area (Å²) in [5.74, 6) is 0.931. The number of hydrogen-bond acceptors (Lipinski definition) is 4. The van der Waals surface area contributed by atoms with Crippen molar-refractivity contribution in [1.29, 1.82) is 0 Å². The average Bonchev–Trinajstić information content (AvgIpc) is 2.56. The molecule has 1 fully saturated rings. The van der Waals surface area contributed by atoms with Gasteiger partial charge >= 0.3 is 5.97 Å². The van der Waals surface area contributed by atoms with Gasteiger partial charge in [0.05, 0.1) is 19.6 Å². The molecule has 120 valence electrons. The molecule has 0 unspecified atom stereocenters. The Balaban J connectivity index is 1.79. The van der Waals surface area contributed by atoms with Crippen LogP contribution in [0, 0.1) is 5.92 Å². The second kappa shape index (κ2) is 8.59. The predicted molar refractivity (Wildman–Crippen MR) is 87.8 cm³/mol. The summed E-state index contributed by atoms with van der Waals surface area (Å²) in [7, 11) is 1.69. The normalized spacial score (nSPS) is 16.8. The topological polar surface area (TPSA) is 38.8 Å². The molecule has 0 saturated carbocycles. The maximum absolute atomic E-state index is 11.7. The van der Waals surface area contributed by atoms with E-state index < -0.39 is 0 Å². The molecule has 2 rings (SSSR count). The number of carbonyl (C=O) groups excluding carboxylic acids is 1. The van der Waals surface area contributed by atoms with Crippen LogP contribution in [-0.2, 0) is 9.53 Å². The molecule has 0 bridgehead atoms. The smallest absolute Gasteiger partial charge is 0.309 e. The van der Waals surface area contributed by atoms with E-state index in [0.717, 1.165) is 43.8 Å². The van der Waals surface area contributed by atoms with Gasteiger partial charge in [0.2, 0.25) is 0 Å². The maximum atomic E-state index is 11.7. The fourth-order valence-corrected chi connectivity index (χ4v) is 2.74. The summed E-state index contributed by atoms with van der Waals surface area (Å²) < 4.78 is 10.4. The molecule has 4 heteroatoms. The number of ether oxygens (including phenoxy) is 2. The molecule has 0 spiro atoms. The van der Waals surface area contributed by atoms with E-state index in [4.69, 9.17) is 9.47 Å². The largest absolute Gasteiger partial charge is 0.496 e. The van der Waals surface area contributed by atoms with Crippen LogP contribution in [0.25, 0.3) is 6.08 Å². The first-order chi connectivity index (χ1) is 10.7. The van der Waals surface area contributed by atoms with Gasteiger partial charge in [0.1, 0.15) is 5.75 Å². The Hall–Kier alpha value is -1.81. The third kappa shape index (κ3) is 4.60. The number of rotatable bonds is 6. The lowest BCUT2D eigenvalue weighted by Crippen LogP contribution is -2.36. The lowest BCUT2D eigenvalue weighted by atomic mass is 9.97. The minimum atomic E-state index is -0.0354. The Morgan fingerprint density at radius 1 is 1.32 bits per heavy atom. The molecule has 1 aromatic rings. The molecule has 4 nitrogen and oxygen atoms in total. The summed E-state index contributed by atoms with van der Waals surface area (Å²) in [5, 5.41) is 0. The van der Waals surface area contributed by atoms with Crippen LogP contribution in [-0.4, -0.2) is 44.2 Å². The number of benzene rings is 1. The van der Waals surface area contributed by atoms with Gasteiger partial charge in [-0.2, -0.15) is 0 Å². The molecule has 22 heavy (non-hydrogen) atoms. The lowest BCUT2D eigenvalue weighted by molar-refractivity contribution is -0.149. The van der Waals surface area contributed by atoms with E-state index in [2.05, 4.69) is 17.1 Å². The highest BCUT2D eigenvalue weighted by molar-refractivity contribution is 5.72. The van der Waals surface area contributed by atoms with Crippen molar-refractivity contribution < 1.29 is 14.3 Å². The molecule has 0 atom stereocenters. The Labute approximate surface area is 132 Å². The number of methoxy groups -OCH3 is 1. The molecular formula is C18H25NO3. The van der Waals surface area contributed by atoms with Gasteiger partial charge in [0.25, 0.3) is 0 Å². The molecule has 0 N–H and O–H groups in total. The summed E-state index contributed by atoms with van der Waals surface area (Å²) >= 11 is 0. The minimum absolute atomic E-state index is 0.0354. The average molecular weight is 303 g/mol. The molecule has 1 saturated heterocycles. The molecule has 0 radical (unpaired) electrons. The Kier molecular flexibility index (Phi) is 6.46. The number of likely N-dealkylation sites (tertiary alicyclic amines) is 1. The van der Waals surface area contributed by atoms with Crippen molar-refractivity contribution in [2.75, 3.05) is 33.4 Å². The summed E-state index contributed by atoms with van der Waals surface area (Å²) in [4.78, 5) is 14.1. The Bertz CT molecular complexity index is 505. The molecule has 1 aliphatic heterocycles. The van der Waals surface area contributed by atoms with E-state index in [1.54, 1.807) is 7.11 Å². The van der Waals surface area contributed by atoms with Gasteiger partial charge in [-0.05, 0) is 38.9 Å². The number of hydrogen-bond donors (Lipinski definition) is 0. The summed E-state index contributed by atoms with van der Waals surface area (Å²) in [6, 6.07) is 7.98. The maximum Gasteiger partial charge on any atom is 0.309 e. The highest BCUT2D eigenvalue weighted by Gasteiger charge is 2.25. The van der Waals surface area contributed by atoms with Crippen molar-refractivity contribution in [2.24, 2.45) is 5.92 Å². The Morgan fingerprint density at radius 3 is 2.73 bits per heavy atom. The summed E-state index contributed by atoms with van der Waals surface area (Å²) in [6.45, 7) is 5.11. The number of esters is 1. The summed E-state index contributed by atoms with van der Waals surface area (Å²) in [5.41, 5.74) is 1.09. The highest BCUT2D eigenvalue weighted by Crippen LogP contribution is 2.20. The molecule has 1 heterocycles. The van der Waals surface area contributed by atoms with Crippen molar-refractivity contribution in [1.82, 2.24) is 4.90 Å². The quantitative estimate of drug-likeness (QED) is 0.757. The van der Waals surface area contributed by atoms with E-state index in [1.165, 1.54) is 0 Å². The first-order valence-corrected chi connectivity index (χ1v) is 7.93. The highest BCUT2D eigenvalue weighted by atomic mass is 16.5. The van der Waals surface area contributed by atoms with Crippen LogP contribution >= 0.6 is 0 Å². The van der Waals surface area contributed by atoms with Gasteiger partial charge in [0, 0.05) is 12.1 Å². The van der Waals surface area contributed by atoms with Gasteiger partial charge < -0.3 is 9.47 Å². The van der Waals surface area contributed by atoms with Crippen LogP contribution in [0.4, 0.5) is 0 Å². The molecular weight excluding hydrogens is 278 g/mol. The molecule has 0 aromatic heterocycles. The lowest BCUT2D eigenvalue weighted by Gasteiger charge is -2.29. The summed E-state index contributed by atoms with van der Waals surface area (Å²) in [6.07, 6.45) is 6.03. The van der Waals surface area contributed by atoms with Gasteiger partial charge in [-0.15, -0.1) is 0 Å². The zero-order chi connectivity index (χ0) is 15.8. The van der Waals surface area contributed by atoms with Crippen LogP contribution in [0.3, 0.4) is 0 Å². The fourth-order valence-electron chi connectivity index (χ4n) is 2.74. The van der Waals surface area contributed by atoms with Gasteiger partial charge in [-0.1, -0.05) is 30.4 Å². The number of carbonyl (C=O) groups is 1. The van der Waals surface area contributed by atoms with E-state index in [0.29, 0.717) is 6.61 Å². The Morgan fingerprint density at radius 2 is 2.05 bits per heavy atom. The molecule has 0 amide bonds. The number of para-hydroxylation sites is 1. The molecule has 1 aliphatic rings. The van der Waals surface area contributed by atoms with Crippen molar-refractivity contribution >= 4 is 12.0 Å². The first kappa shape index (κ1) is 16.6. The third-order valence-corrected chi connectivity index (χ3v) is 4.01. The van der Waals surface area contributed by atoms with E-state index >= 15 is 0 Å². The van der Waals surface area contributed by atoms with Crippen LogP contribution in [0.1, 0.15) is 25.3 Å². The second-order valence-electron chi connectivity index (χ2n) is 5.47. The third-order valence-electron chi connectivity index (χ3n) is 4.01. The van der Waals surface area contributed by atoms with E-state index in [9.17, 15) is 4.79 Å². The minimum Gasteiger partial charge on any atom is -0.496 e. The number of nitrogens with zero attached hydrogens (tertiary/aromatic N) is 1. The SMILES string of the molecule is CCOC(=O)C1CCN(C/C=C\c2ccccc2OC)CC1. The second-order valence-corrected chi connectivity index (χ2v) is 5.47. The van der Waals surface area contributed by atoms with Gasteiger partial charge in [-0.3, -0.25) is 9.69 Å². The van der Waals surface area contributed by atoms with E-state index in [-0.39, 0.29) is 11.9 Å². The molecule has 0 aliphatic carbocycles. The van der Waals surface area contributed by atoms with E-state index in [1.807, 2.05) is 31.2 Å². The van der Waals surface area contributed by atoms with Crippen molar-refractivity contribution in [3.05, 3.63) is 35.9 Å². The standard InChI is InChI=1S/C18H25NO3/c1-3-22-18(20)16-10-13-19(14-11-16)12-6-8-15-7-4-5-9-17(15)21-2/h4-9,16H,3,10-14H2,1-2H3/b8-6-. The van der Waals surface area contributed by atoms with Crippen molar-refractivity contribution in [2.45, 2.75) is 19.8 Å². The van der Waals surface area contributed by atoms with Gasteiger partial charge in [0.15, 0.2) is 0 Å². The zero-order valence-corrected chi connectivity index (χ0v) is 13.5. The van der Waals surface area contributed by atoms with Crippen LogP contribution in [0.15, 0.2) is 30.3 Å². The van der Waals surface area contributed by atoms with Crippen molar-refractivity contribution in [3.63, 3.8) is 0 Å². The van der Waals surface area contributed by atoms with Gasteiger partial charge in [-0.25, -0.2) is 0 Å². The van der Waals surface area contributed by atoms with Crippen LogP contribution in [0.5, 0.6) is 5.75 Å². The first-order valence-electron chi connectivity index (χ1n) is 7.93. The zero-order valence-electron chi connectivity index (χ0n) is 13.5. The molecule has 1 aromatic carbocycles. The fraction of sp³-hybridized carbons (Fsp3) is 0.500. The predicted octanol–water partition coefficient (Wildman–Crippen LogP) is 2.98. The van der Waals surface area contributed by atoms with Crippen LogP contribution in [0.2, 0.25) is 0 Å². The monoisotopic (exact) mass is 303 g/mol. The van der Waals surface area contributed by atoms with Crippen molar-refractivity contribution in [3.8, 4) is 5.75 Å². The number of piperidine rings is 1.